The van der Waals surface area contributed by atoms with Crippen molar-refractivity contribution in [2.45, 2.75) is 44.6 Å². The maximum absolute atomic E-state index is 11.4. The van der Waals surface area contributed by atoms with Crippen molar-refractivity contribution < 1.29 is 4.21 Å². The average molecular weight is 289 g/mol. The first-order valence-corrected chi connectivity index (χ1v) is 8.79. The Morgan fingerprint density at radius 2 is 2.05 bits per heavy atom. The Hall–Kier alpha value is -1.41. The van der Waals surface area contributed by atoms with Crippen LogP contribution in [-0.4, -0.2) is 26.7 Å². The van der Waals surface area contributed by atoms with E-state index in [-0.39, 0.29) is 0 Å². The molecule has 3 rings (SSSR count). The highest BCUT2D eigenvalue weighted by Crippen LogP contribution is 2.25. The fourth-order valence-electron chi connectivity index (χ4n) is 2.96. The van der Waals surface area contributed by atoms with Gasteiger partial charge in [0, 0.05) is 34.0 Å². The molecule has 4 nitrogen and oxygen atoms in total. The van der Waals surface area contributed by atoms with E-state index in [1.807, 2.05) is 6.07 Å². The van der Waals surface area contributed by atoms with Crippen LogP contribution in [0, 0.1) is 11.3 Å². The van der Waals surface area contributed by atoms with Crippen LogP contribution in [0.5, 0.6) is 0 Å². The molecule has 0 atom stereocenters. The second-order valence-corrected chi connectivity index (χ2v) is 7.27. The van der Waals surface area contributed by atoms with Crippen LogP contribution in [0.3, 0.4) is 0 Å². The van der Waals surface area contributed by atoms with E-state index in [9.17, 15) is 9.47 Å². The van der Waals surface area contributed by atoms with E-state index >= 15 is 0 Å². The smallest absolute Gasteiger partial charge is 0.144 e. The van der Waals surface area contributed by atoms with Gasteiger partial charge in [0.05, 0.1) is 5.56 Å². The van der Waals surface area contributed by atoms with Gasteiger partial charge in [0.15, 0.2) is 0 Å². The molecule has 20 heavy (non-hydrogen) atoms. The van der Waals surface area contributed by atoms with E-state index in [2.05, 4.69) is 16.4 Å². The van der Waals surface area contributed by atoms with E-state index in [1.54, 1.807) is 0 Å². The fourth-order valence-corrected chi connectivity index (χ4v) is 4.26. The minimum atomic E-state index is -0.653. The Balaban J connectivity index is 1.81. The summed E-state index contributed by atoms with van der Waals surface area (Å²) in [7, 11) is -0.653. The Morgan fingerprint density at radius 1 is 1.30 bits per heavy atom. The lowest BCUT2D eigenvalue weighted by molar-refractivity contribution is 0.620. The van der Waals surface area contributed by atoms with Crippen LogP contribution in [0.2, 0.25) is 0 Å². The summed E-state index contributed by atoms with van der Waals surface area (Å²) < 4.78 is 11.4. The summed E-state index contributed by atoms with van der Waals surface area (Å²) in [4.78, 5) is 4.69. The van der Waals surface area contributed by atoms with Gasteiger partial charge in [-0.1, -0.05) is 0 Å². The molecule has 0 saturated carbocycles. The Morgan fingerprint density at radius 3 is 2.80 bits per heavy atom. The molecule has 0 spiro atoms. The molecular formula is C15H19N3OS. The van der Waals surface area contributed by atoms with E-state index in [0.717, 1.165) is 48.7 Å². The average Bonchev–Trinajstić information content (AvgIpc) is 2.49. The van der Waals surface area contributed by atoms with Gasteiger partial charge in [-0.25, -0.2) is 4.98 Å². The molecule has 0 bridgehead atoms. The molecule has 1 aliphatic carbocycles. The molecule has 1 aliphatic heterocycles. The van der Waals surface area contributed by atoms with Crippen molar-refractivity contribution in [3.05, 3.63) is 22.9 Å². The number of rotatable bonds is 2. The predicted octanol–water partition coefficient (Wildman–Crippen LogP) is 2.16. The molecule has 106 valence electrons. The fraction of sp³-hybridized carbons (Fsp3) is 0.600. The van der Waals surface area contributed by atoms with Gasteiger partial charge in [0.25, 0.3) is 0 Å². The first-order valence-electron chi connectivity index (χ1n) is 7.30. The zero-order valence-corrected chi connectivity index (χ0v) is 12.3. The summed E-state index contributed by atoms with van der Waals surface area (Å²) in [5.41, 5.74) is 3.04. The van der Waals surface area contributed by atoms with Crippen LogP contribution < -0.4 is 5.32 Å². The molecule has 1 aromatic rings. The van der Waals surface area contributed by atoms with Crippen molar-refractivity contribution in [2.24, 2.45) is 0 Å². The van der Waals surface area contributed by atoms with Crippen LogP contribution in [0.15, 0.2) is 6.07 Å². The summed E-state index contributed by atoms with van der Waals surface area (Å²) >= 11 is 0. The van der Waals surface area contributed by atoms with Crippen molar-refractivity contribution in [1.29, 1.82) is 5.26 Å². The molecule has 2 aliphatic rings. The summed E-state index contributed by atoms with van der Waals surface area (Å²) in [6, 6.07) is 4.56. The molecule has 1 fully saturated rings. The Kier molecular flexibility index (Phi) is 4.02. The summed E-state index contributed by atoms with van der Waals surface area (Å²) in [5, 5.41) is 12.7. The highest BCUT2D eigenvalue weighted by Gasteiger charge is 2.21. The maximum atomic E-state index is 11.4. The summed E-state index contributed by atoms with van der Waals surface area (Å²) in [6.07, 6.45) is 6.24. The predicted molar refractivity (Wildman–Crippen MR) is 80.1 cm³/mol. The van der Waals surface area contributed by atoms with Gasteiger partial charge >= 0.3 is 0 Å². The molecule has 5 heteroatoms. The number of fused-ring (bicyclic) bond motifs is 1. The van der Waals surface area contributed by atoms with Crippen molar-refractivity contribution in [1.82, 2.24) is 4.98 Å². The van der Waals surface area contributed by atoms with Crippen LogP contribution >= 0.6 is 0 Å². The van der Waals surface area contributed by atoms with E-state index in [1.165, 1.54) is 18.4 Å². The normalized spacial score (nSPS) is 25.6. The molecule has 2 heterocycles. The number of aryl methyl sites for hydroxylation is 2. The van der Waals surface area contributed by atoms with Crippen LogP contribution in [0.1, 0.15) is 42.5 Å². The summed E-state index contributed by atoms with van der Waals surface area (Å²) in [6.45, 7) is 0. The van der Waals surface area contributed by atoms with Crippen molar-refractivity contribution in [3.63, 3.8) is 0 Å². The monoisotopic (exact) mass is 289 g/mol. The second-order valence-electron chi connectivity index (χ2n) is 5.58. The molecule has 0 amide bonds. The third-order valence-electron chi connectivity index (χ3n) is 4.15. The molecule has 1 aromatic heterocycles. The maximum Gasteiger partial charge on any atom is 0.144 e. The van der Waals surface area contributed by atoms with Gasteiger partial charge in [0.1, 0.15) is 11.9 Å². The number of nitrogens with zero attached hydrogens (tertiary/aromatic N) is 2. The first kappa shape index (κ1) is 13.6. The van der Waals surface area contributed by atoms with E-state index < -0.39 is 10.8 Å². The third kappa shape index (κ3) is 2.85. The minimum absolute atomic E-state index is 0.300. The van der Waals surface area contributed by atoms with Crippen molar-refractivity contribution in [2.75, 3.05) is 16.8 Å². The van der Waals surface area contributed by atoms with Gasteiger partial charge in [-0.05, 0) is 50.2 Å². The van der Waals surface area contributed by atoms with Crippen molar-refractivity contribution in [3.8, 4) is 6.07 Å². The standard InChI is InChI=1S/C15H19N3OS/c16-10-12-9-11-3-1-2-4-14(11)18-15(12)17-13-5-7-20(19)8-6-13/h9,13H,1-8H2,(H,17,18). The lowest BCUT2D eigenvalue weighted by Gasteiger charge is -2.25. The van der Waals surface area contributed by atoms with Gasteiger partial charge in [0.2, 0.25) is 0 Å². The van der Waals surface area contributed by atoms with Crippen LogP contribution in [0.25, 0.3) is 0 Å². The molecule has 1 saturated heterocycles. The number of nitriles is 1. The topological polar surface area (TPSA) is 65.8 Å². The number of pyridine rings is 1. The van der Waals surface area contributed by atoms with Gasteiger partial charge < -0.3 is 5.32 Å². The summed E-state index contributed by atoms with van der Waals surface area (Å²) in [5.74, 6) is 2.24. The number of aromatic nitrogens is 1. The zero-order valence-electron chi connectivity index (χ0n) is 11.5. The Bertz CT molecular complexity index is 569. The number of anilines is 1. The van der Waals surface area contributed by atoms with Gasteiger partial charge in [-0.15, -0.1) is 0 Å². The van der Waals surface area contributed by atoms with Gasteiger partial charge in [-0.2, -0.15) is 5.26 Å². The quantitative estimate of drug-likeness (QED) is 0.906. The first-order chi connectivity index (χ1) is 9.76. The number of hydrogen-bond donors (Lipinski definition) is 1. The van der Waals surface area contributed by atoms with Crippen molar-refractivity contribution >= 4 is 16.6 Å². The van der Waals surface area contributed by atoms with Gasteiger partial charge in [-0.3, -0.25) is 4.21 Å². The molecular weight excluding hydrogens is 270 g/mol. The molecule has 0 radical (unpaired) electrons. The Labute approximate surface area is 122 Å². The molecule has 0 unspecified atom stereocenters. The van der Waals surface area contributed by atoms with Crippen LogP contribution in [-0.2, 0) is 23.6 Å². The zero-order chi connectivity index (χ0) is 13.9. The largest absolute Gasteiger partial charge is 0.366 e. The van der Waals surface area contributed by atoms with E-state index in [4.69, 9.17) is 0 Å². The number of hydrogen-bond acceptors (Lipinski definition) is 4. The number of nitrogens with one attached hydrogen (secondary N) is 1. The van der Waals surface area contributed by atoms with E-state index in [0.29, 0.717) is 11.6 Å². The minimum Gasteiger partial charge on any atom is -0.366 e. The second kappa shape index (κ2) is 5.92. The lowest BCUT2D eigenvalue weighted by Crippen LogP contribution is -2.30. The van der Waals surface area contributed by atoms with Crippen LogP contribution in [0.4, 0.5) is 5.82 Å². The highest BCUT2D eigenvalue weighted by molar-refractivity contribution is 7.85. The highest BCUT2D eigenvalue weighted by atomic mass is 32.2. The molecule has 0 aromatic carbocycles. The molecule has 1 N–H and O–H groups in total. The SMILES string of the molecule is N#Cc1cc2c(nc1NC1CCS(=O)CC1)CCCC2. The lowest BCUT2D eigenvalue weighted by atomic mass is 9.95. The third-order valence-corrected chi connectivity index (χ3v) is 5.53.